The lowest BCUT2D eigenvalue weighted by atomic mass is 10.1. The molecular formula is C12H11FN2O. The van der Waals surface area contributed by atoms with Crippen molar-refractivity contribution in [2.24, 2.45) is 0 Å². The summed E-state index contributed by atoms with van der Waals surface area (Å²) in [5.74, 6) is 0.162. The first kappa shape index (κ1) is 9.46. The van der Waals surface area contributed by atoms with E-state index in [9.17, 15) is 4.39 Å². The fourth-order valence-electron chi connectivity index (χ4n) is 2.52. The summed E-state index contributed by atoms with van der Waals surface area (Å²) < 4.78 is 19.4. The van der Waals surface area contributed by atoms with Crippen LogP contribution in [0.15, 0.2) is 12.1 Å². The van der Waals surface area contributed by atoms with Gasteiger partial charge in [0, 0.05) is 12.6 Å². The number of hydrogen-bond acceptors (Lipinski definition) is 3. The number of hydrogen-bond donors (Lipinski definition) is 0. The predicted molar refractivity (Wildman–Crippen MR) is 57.0 cm³/mol. The van der Waals surface area contributed by atoms with Crippen molar-refractivity contribution in [2.75, 3.05) is 18.1 Å². The van der Waals surface area contributed by atoms with Crippen molar-refractivity contribution in [3.8, 4) is 11.8 Å². The molecule has 0 radical (unpaired) electrons. The SMILES string of the molecule is N#Cc1cc(F)c2c(c1)OCC1CCCN21. The minimum atomic E-state index is -0.347. The lowest BCUT2D eigenvalue weighted by molar-refractivity contribution is 0.269. The number of nitrogens with zero attached hydrogens (tertiary/aromatic N) is 2. The highest BCUT2D eigenvalue weighted by atomic mass is 19.1. The molecule has 0 aromatic heterocycles. The van der Waals surface area contributed by atoms with Crippen LogP contribution in [-0.2, 0) is 0 Å². The third-order valence-electron chi connectivity index (χ3n) is 3.25. The molecule has 0 N–H and O–H groups in total. The molecule has 2 heterocycles. The van der Waals surface area contributed by atoms with E-state index in [2.05, 4.69) is 4.90 Å². The first-order valence-corrected chi connectivity index (χ1v) is 5.42. The maximum Gasteiger partial charge on any atom is 0.151 e. The van der Waals surface area contributed by atoms with E-state index in [4.69, 9.17) is 10.00 Å². The van der Waals surface area contributed by atoms with Crippen molar-refractivity contribution < 1.29 is 9.13 Å². The molecule has 1 saturated heterocycles. The molecule has 1 atom stereocenters. The van der Waals surface area contributed by atoms with Crippen molar-refractivity contribution >= 4 is 5.69 Å². The molecule has 16 heavy (non-hydrogen) atoms. The highest BCUT2D eigenvalue weighted by molar-refractivity contribution is 5.64. The fourth-order valence-corrected chi connectivity index (χ4v) is 2.52. The number of anilines is 1. The Morgan fingerprint density at radius 3 is 3.19 bits per heavy atom. The minimum absolute atomic E-state index is 0.301. The Hall–Kier alpha value is -1.76. The van der Waals surface area contributed by atoms with Gasteiger partial charge in [-0.2, -0.15) is 5.26 Å². The van der Waals surface area contributed by atoms with Gasteiger partial charge in [0.05, 0.1) is 17.7 Å². The summed E-state index contributed by atoms with van der Waals surface area (Å²) in [5, 5.41) is 8.77. The number of benzene rings is 1. The first-order valence-electron chi connectivity index (χ1n) is 5.42. The smallest absolute Gasteiger partial charge is 0.151 e. The quantitative estimate of drug-likeness (QED) is 0.668. The van der Waals surface area contributed by atoms with Gasteiger partial charge in [0.2, 0.25) is 0 Å². The lowest BCUT2D eigenvalue weighted by Gasteiger charge is -2.33. The number of halogens is 1. The summed E-state index contributed by atoms with van der Waals surface area (Å²) in [6, 6.07) is 5.14. The summed E-state index contributed by atoms with van der Waals surface area (Å²) in [5.41, 5.74) is 0.849. The Balaban J connectivity index is 2.13. The first-order chi connectivity index (χ1) is 7.79. The van der Waals surface area contributed by atoms with Crippen LogP contribution in [0, 0.1) is 17.1 Å². The molecule has 2 aliphatic rings. The standard InChI is InChI=1S/C12H11FN2O/c13-10-4-8(6-14)5-11-12(10)15-3-1-2-9(15)7-16-11/h4-5,9H,1-3,7H2. The Kier molecular flexibility index (Phi) is 2.00. The zero-order valence-electron chi connectivity index (χ0n) is 8.74. The van der Waals surface area contributed by atoms with Gasteiger partial charge in [-0.15, -0.1) is 0 Å². The van der Waals surface area contributed by atoms with Crippen LogP contribution in [0.2, 0.25) is 0 Å². The molecule has 0 spiro atoms. The third kappa shape index (κ3) is 1.25. The van der Waals surface area contributed by atoms with Gasteiger partial charge in [-0.05, 0) is 18.9 Å². The van der Waals surface area contributed by atoms with Crippen LogP contribution in [0.5, 0.6) is 5.75 Å². The van der Waals surface area contributed by atoms with Crippen molar-refractivity contribution in [3.63, 3.8) is 0 Å². The van der Waals surface area contributed by atoms with E-state index in [1.807, 2.05) is 6.07 Å². The van der Waals surface area contributed by atoms with Gasteiger partial charge in [-0.1, -0.05) is 0 Å². The zero-order valence-corrected chi connectivity index (χ0v) is 8.74. The van der Waals surface area contributed by atoms with E-state index in [1.54, 1.807) is 6.07 Å². The van der Waals surface area contributed by atoms with Gasteiger partial charge in [-0.25, -0.2) is 4.39 Å². The number of ether oxygens (including phenoxy) is 1. The van der Waals surface area contributed by atoms with Gasteiger partial charge in [0.15, 0.2) is 5.82 Å². The lowest BCUT2D eigenvalue weighted by Crippen LogP contribution is -2.38. The molecular weight excluding hydrogens is 207 g/mol. The van der Waals surface area contributed by atoms with E-state index in [0.29, 0.717) is 29.6 Å². The van der Waals surface area contributed by atoms with Crippen molar-refractivity contribution in [3.05, 3.63) is 23.5 Å². The molecule has 1 fully saturated rings. The Morgan fingerprint density at radius 1 is 1.50 bits per heavy atom. The monoisotopic (exact) mass is 218 g/mol. The van der Waals surface area contributed by atoms with Gasteiger partial charge >= 0.3 is 0 Å². The molecule has 0 bridgehead atoms. The van der Waals surface area contributed by atoms with Crippen LogP contribution in [0.25, 0.3) is 0 Å². The second-order valence-electron chi connectivity index (χ2n) is 4.22. The summed E-state index contributed by atoms with van der Waals surface area (Å²) in [7, 11) is 0. The van der Waals surface area contributed by atoms with E-state index in [-0.39, 0.29) is 5.82 Å². The Morgan fingerprint density at radius 2 is 2.38 bits per heavy atom. The van der Waals surface area contributed by atoms with Crippen LogP contribution in [0.4, 0.5) is 10.1 Å². The van der Waals surface area contributed by atoms with E-state index in [0.717, 1.165) is 19.4 Å². The molecule has 4 heteroatoms. The topological polar surface area (TPSA) is 36.3 Å². The summed E-state index contributed by atoms with van der Waals surface area (Å²) >= 11 is 0. The number of fused-ring (bicyclic) bond motifs is 3. The normalized spacial score (nSPS) is 22.0. The average molecular weight is 218 g/mol. The van der Waals surface area contributed by atoms with E-state index >= 15 is 0 Å². The molecule has 2 aliphatic heterocycles. The highest BCUT2D eigenvalue weighted by Gasteiger charge is 2.33. The highest BCUT2D eigenvalue weighted by Crippen LogP contribution is 2.40. The van der Waals surface area contributed by atoms with Gasteiger partial charge in [0.1, 0.15) is 18.0 Å². The van der Waals surface area contributed by atoms with Crippen molar-refractivity contribution in [2.45, 2.75) is 18.9 Å². The molecule has 0 saturated carbocycles. The summed E-state index contributed by atoms with van der Waals surface area (Å²) in [6.45, 7) is 1.48. The maximum atomic E-state index is 13.9. The molecule has 3 rings (SSSR count). The number of nitriles is 1. The fraction of sp³-hybridized carbons (Fsp3) is 0.417. The molecule has 1 aromatic carbocycles. The van der Waals surface area contributed by atoms with Gasteiger partial charge in [0.25, 0.3) is 0 Å². The second-order valence-corrected chi connectivity index (χ2v) is 4.22. The van der Waals surface area contributed by atoms with E-state index < -0.39 is 0 Å². The van der Waals surface area contributed by atoms with Crippen molar-refractivity contribution in [1.29, 1.82) is 5.26 Å². The average Bonchev–Trinajstić information content (AvgIpc) is 2.76. The van der Waals surface area contributed by atoms with Crippen LogP contribution in [0.3, 0.4) is 0 Å². The predicted octanol–water partition coefficient (Wildman–Crippen LogP) is 2.06. The third-order valence-corrected chi connectivity index (χ3v) is 3.25. The van der Waals surface area contributed by atoms with Gasteiger partial charge in [-0.3, -0.25) is 0 Å². The number of rotatable bonds is 0. The Bertz CT molecular complexity index is 481. The summed E-state index contributed by atoms with van der Waals surface area (Å²) in [4.78, 5) is 2.06. The van der Waals surface area contributed by atoms with Crippen LogP contribution < -0.4 is 9.64 Å². The van der Waals surface area contributed by atoms with Crippen LogP contribution in [-0.4, -0.2) is 19.2 Å². The molecule has 1 unspecified atom stereocenters. The molecule has 82 valence electrons. The molecule has 0 amide bonds. The molecule has 3 nitrogen and oxygen atoms in total. The zero-order chi connectivity index (χ0) is 11.1. The minimum Gasteiger partial charge on any atom is -0.489 e. The van der Waals surface area contributed by atoms with Gasteiger partial charge < -0.3 is 9.64 Å². The maximum absolute atomic E-state index is 13.9. The van der Waals surface area contributed by atoms with Crippen LogP contribution in [0.1, 0.15) is 18.4 Å². The molecule has 1 aromatic rings. The summed E-state index contributed by atoms with van der Waals surface area (Å²) in [6.07, 6.45) is 2.13. The largest absolute Gasteiger partial charge is 0.489 e. The molecule has 0 aliphatic carbocycles. The Labute approximate surface area is 93.0 Å². The second kappa shape index (κ2) is 3.38. The van der Waals surface area contributed by atoms with Crippen molar-refractivity contribution in [1.82, 2.24) is 0 Å². The van der Waals surface area contributed by atoms with Crippen LogP contribution >= 0.6 is 0 Å². The van der Waals surface area contributed by atoms with E-state index in [1.165, 1.54) is 6.07 Å².